The number of aliphatic hydroxyl groups excluding tert-OH is 1. The number of alkyl halides is 4. The van der Waals surface area contributed by atoms with Gasteiger partial charge in [-0.3, -0.25) is 4.79 Å². The molecule has 1 rings (SSSR count). The molecule has 0 atom stereocenters. The number of aliphatic hydroxyl groups is 1. The third kappa shape index (κ3) is 3.14. The lowest BCUT2D eigenvalue weighted by Crippen LogP contribution is -2.21. The van der Waals surface area contributed by atoms with Crippen LogP contribution < -0.4 is 10.3 Å². The van der Waals surface area contributed by atoms with Crippen molar-refractivity contribution in [2.45, 2.75) is 18.8 Å². The maximum Gasteiger partial charge on any atom is 0.573 e. The quantitative estimate of drug-likeness (QED) is 0.807. The van der Waals surface area contributed by atoms with Crippen LogP contribution in [0.5, 0.6) is 5.75 Å². The van der Waals surface area contributed by atoms with Crippen LogP contribution in [0.1, 0.15) is 11.3 Å². The van der Waals surface area contributed by atoms with Crippen LogP contribution >= 0.6 is 11.6 Å². The Morgan fingerprint density at radius 1 is 1.50 bits per heavy atom. The highest BCUT2D eigenvalue weighted by Gasteiger charge is 2.32. The van der Waals surface area contributed by atoms with E-state index in [4.69, 9.17) is 16.7 Å². The third-order valence-electron chi connectivity index (χ3n) is 1.69. The van der Waals surface area contributed by atoms with Crippen molar-refractivity contribution >= 4 is 11.6 Å². The molecule has 0 aliphatic carbocycles. The van der Waals surface area contributed by atoms with E-state index in [2.05, 4.69) is 9.72 Å². The summed E-state index contributed by atoms with van der Waals surface area (Å²) in [5.74, 6) is -0.960. The number of aromatic amines is 1. The van der Waals surface area contributed by atoms with E-state index in [0.717, 1.165) is 6.07 Å². The molecule has 0 fully saturated rings. The molecule has 90 valence electrons. The predicted octanol–water partition coefficient (Wildman–Crippen LogP) is 1.50. The Labute approximate surface area is 92.6 Å². The second-order valence-corrected chi connectivity index (χ2v) is 3.07. The molecule has 0 amide bonds. The summed E-state index contributed by atoms with van der Waals surface area (Å²) in [5, 5.41) is 8.72. The molecule has 1 heterocycles. The summed E-state index contributed by atoms with van der Waals surface area (Å²) in [6.45, 7) is -0.688. The summed E-state index contributed by atoms with van der Waals surface area (Å²) >= 11 is 5.35. The van der Waals surface area contributed by atoms with Gasteiger partial charge in [-0.25, -0.2) is 0 Å². The van der Waals surface area contributed by atoms with Crippen LogP contribution in [0.2, 0.25) is 0 Å². The number of ether oxygens (including phenoxy) is 1. The first-order valence-electron chi connectivity index (χ1n) is 4.05. The average molecular weight is 258 g/mol. The van der Waals surface area contributed by atoms with E-state index in [1.165, 1.54) is 0 Å². The molecular formula is C8H7ClF3NO3. The van der Waals surface area contributed by atoms with Gasteiger partial charge in [-0.05, 0) is 6.07 Å². The zero-order valence-electron chi connectivity index (χ0n) is 7.77. The standard InChI is InChI=1S/C8H7ClF3NO3/c9-2-5-6(16-8(10,11)12)1-4(3-14)7(15)13-5/h1,14H,2-3H2,(H,13,15). The average Bonchev–Trinajstić information content (AvgIpc) is 2.18. The highest BCUT2D eigenvalue weighted by molar-refractivity contribution is 6.17. The van der Waals surface area contributed by atoms with Crippen molar-refractivity contribution in [3.05, 3.63) is 27.7 Å². The first-order valence-corrected chi connectivity index (χ1v) is 4.58. The fourth-order valence-corrected chi connectivity index (χ4v) is 1.22. The summed E-state index contributed by atoms with van der Waals surface area (Å²) in [7, 11) is 0. The van der Waals surface area contributed by atoms with Gasteiger partial charge in [-0.15, -0.1) is 24.8 Å². The lowest BCUT2D eigenvalue weighted by Gasteiger charge is -2.12. The monoisotopic (exact) mass is 257 g/mol. The highest BCUT2D eigenvalue weighted by Crippen LogP contribution is 2.26. The molecule has 0 radical (unpaired) electrons. The number of aromatic nitrogens is 1. The van der Waals surface area contributed by atoms with Crippen LogP contribution in [0.25, 0.3) is 0 Å². The Morgan fingerprint density at radius 2 is 2.12 bits per heavy atom. The second kappa shape index (κ2) is 4.75. The van der Waals surface area contributed by atoms with Gasteiger partial charge < -0.3 is 14.8 Å². The van der Waals surface area contributed by atoms with Crippen molar-refractivity contribution in [2.24, 2.45) is 0 Å². The summed E-state index contributed by atoms with van der Waals surface area (Å²) in [6.07, 6.45) is -4.88. The fourth-order valence-electron chi connectivity index (χ4n) is 1.02. The molecule has 4 nitrogen and oxygen atoms in total. The van der Waals surface area contributed by atoms with Gasteiger partial charge in [0.15, 0.2) is 5.75 Å². The number of H-pyrrole nitrogens is 1. The van der Waals surface area contributed by atoms with E-state index >= 15 is 0 Å². The number of rotatable bonds is 3. The van der Waals surface area contributed by atoms with Crippen molar-refractivity contribution in [3.63, 3.8) is 0 Å². The van der Waals surface area contributed by atoms with Crippen molar-refractivity contribution < 1.29 is 23.0 Å². The molecule has 0 unspecified atom stereocenters. The summed E-state index contributed by atoms with van der Waals surface area (Å²) in [6, 6.07) is 0.810. The molecule has 16 heavy (non-hydrogen) atoms. The first-order chi connectivity index (χ1) is 7.37. The van der Waals surface area contributed by atoms with Crippen LogP contribution in [0, 0.1) is 0 Å². The van der Waals surface area contributed by atoms with Gasteiger partial charge in [0, 0.05) is 5.56 Å². The number of halogens is 4. The minimum absolute atomic E-state index is 0.193. The van der Waals surface area contributed by atoms with Gasteiger partial charge >= 0.3 is 6.36 Å². The molecule has 0 aromatic carbocycles. The smallest absolute Gasteiger partial charge is 0.404 e. The lowest BCUT2D eigenvalue weighted by atomic mass is 10.2. The largest absolute Gasteiger partial charge is 0.573 e. The maximum atomic E-state index is 12.0. The Morgan fingerprint density at radius 3 is 2.56 bits per heavy atom. The number of nitrogens with one attached hydrogen (secondary N) is 1. The van der Waals surface area contributed by atoms with Crippen LogP contribution in [-0.2, 0) is 12.5 Å². The molecule has 1 aromatic heterocycles. The zero-order chi connectivity index (χ0) is 12.3. The van der Waals surface area contributed by atoms with Crippen molar-refractivity contribution in [1.82, 2.24) is 4.98 Å². The minimum atomic E-state index is -4.88. The van der Waals surface area contributed by atoms with Crippen LogP contribution in [0.3, 0.4) is 0 Å². The SMILES string of the molecule is O=c1[nH]c(CCl)c(OC(F)(F)F)cc1CO. The van der Waals surface area contributed by atoms with Gasteiger partial charge in [0.25, 0.3) is 5.56 Å². The van der Waals surface area contributed by atoms with Crippen molar-refractivity contribution in [3.8, 4) is 5.75 Å². The molecule has 8 heteroatoms. The number of hydrogen-bond donors (Lipinski definition) is 2. The van der Waals surface area contributed by atoms with Crippen LogP contribution in [0.15, 0.2) is 10.9 Å². The van der Waals surface area contributed by atoms with Gasteiger partial charge in [0.2, 0.25) is 0 Å². The van der Waals surface area contributed by atoms with E-state index < -0.39 is 24.3 Å². The molecule has 0 aliphatic heterocycles. The Kier molecular flexibility index (Phi) is 3.82. The zero-order valence-corrected chi connectivity index (χ0v) is 8.52. The summed E-state index contributed by atoms with van der Waals surface area (Å²) < 4.78 is 39.6. The molecule has 0 bridgehead atoms. The molecule has 1 aromatic rings. The van der Waals surface area contributed by atoms with Gasteiger partial charge in [-0.2, -0.15) is 0 Å². The fraction of sp³-hybridized carbons (Fsp3) is 0.375. The molecule has 0 aliphatic rings. The molecule has 0 saturated carbocycles. The molecule has 0 spiro atoms. The lowest BCUT2D eigenvalue weighted by molar-refractivity contribution is -0.275. The van der Waals surface area contributed by atoms with E-state index in [-0.39, 0.29) is 17.1 Å². The Balaban J connectivity index is 3.20. The van der Waals surface area contributed by atoms with Gasteiger partial charge in [0.1, 0.15) is 0 Å². The van der Waals surface area contributed by atoms with E-state index in [1.54, 1.807) is 0 Å². The van der Waals surface area contributed by atoms with Crippen LogP contribution in [0.4, 0.5) is 13.2 Å². The summed E-state index contributed by atoms with van der Waals surface area (Å²) in [5.41, 5.74) is -1.12. The third-order valence-corrected chi connectivity index (χ3v) is 1.96. The highest BCUT2D eigenvalue weighted by atomic mass is 35.5. The van der Waals surface area contributed by atoms with Crippen molar-refractivity contribution in [2.75, 3.05) is 0 Å². The molecule has 0 saturated heterocycles. The number of pyridine rings is 1. The van der Waals surface area contributed by atoms with E-state index in [1.807, 2.05) is 0 Å². The van der Waals surface area contributed by atoms with E-state index in [9.17, 15) is 18.0 Å². The van der Waals surface area contributed by atoms with Crippen molar-refractivity contribution in [1.29, 1.82) is 0 Å². The normalized spacial score (nSPS) is 11.6. The van der Waals surface area contributed by atoms with Gasteiger partial charge in [-0.1, -0.05) is 0 Å². The summed E-state index contributed by atoms with van der Waals surface area (Å²) in [4.78, 5) is 13.2. The predicted molar refractivity (Wildman–Crippen MR) is 49.2 cm³/mol. The van der Waals surface area contributed by atoms with E-state index in [0.29, 0.717) is 0 Å². The topological polar surface area (TPSA) is 62.3 Å². The Hall–Kier alpha value is -1.21. The minimum Gasteiger partial charge on any atom is -0.404 e. The first kappa shape index (κ1) is 12.9. The van der Waals surface area contributed by atoms with Gasteiger partial charge in [0.05, 0.1) is 18.2 Å². The van der Waals surface area contributed by atoms with Crippen LogP contribution in [-0.4, -0.2) is 16.5 Å². The molecule has 2 N–H and O–H groups in total. The maximum absolute atomic E-state index is 12.0. The number of hydrogen-bond acceptors (Lipinski definition) is 3. The Bertz CT molecular complexity index is 430. The second-order valence-electron chi connectivity index (χ2n) is 2.81. The molecular weight excluding hydrogens is 251 g/mol.